The third-order valence-corrected chi connectivity index (χ3v) is 10.5. The van der Waals surface area contributed by atoms with Crippen molar-refractivity contribution in [3.8, 4) is 0 Å². The molecule has 3 amide bonds. The Kier molecular flexibility index (Phi) is 9.03. The molecule has 5 heterocycles. The Bertz CT molecular complexity index is 1700. The number of carbonyl (C=O) groups is 3. The van der Waals surface area contributed by atoms with E-state index in [0.717, 1.165) is 82.1 Å². The highest BCUT2D eigenvalue weighted by Gasteiger charge is 2.43. The molecule has 3 aromatic rings. The molecule has 1 aromatic heterocycles. The number of rotatable bonds is 7. The topological polar surface area (TPSA) is 111 Å². The lowest BCUT2D eigenvalue weighted by Gasteiger charge is -2.34. The molecule has 10 nitrogen and oxygen atoms in total. The second-order valence-electron chi connectivity index (χ2n) is 13.6. The van der Waals surface area contributed by atoms with Crippen molar-refractivity contribution in [2.75, 3.05) is 36.4 Å². The van der Waals surface area contributed by atoms with E-state index in [1.165, 1.54) is 11.1 Å². The molecular formula is C36H40F3N7O3. The molecule has 3 fully saturated rings. The zero-order chi connectivity index (χ0) is 34.3. The Labute approximate surface area is 283 Å². The predicted molar refractivity (Wildman–Crippen MR) is 177 cm³/mol. The number of carbonyl (C=O) groups excluding carboxylic acids is 3. The van der Waals surface area contributed by atoms with Gasteiger partial charge < -0.3 is 15.1 Å². The number of amides is 3. The maximum Gasteiger partial charge on any atom is 0.419 e. The van der Waals surface area contributed by atoms with Crippen LogP contribution in [0.4, 0.5) is 24.8 Å². The van der Waals surface area contributed by atoms with E-state index in [4.69, 9.17) is 0 Å². The monoisotopic (exact) mass is 675 g/mol. The van der Waals surface area contributed by atoms with Crippen LogP contribution in [-0.4, -0.2) is 75.8 Å². The summed E-state index contributed by atoms with van der Waals surface area (Å²) in [4.78, 5) is 51.6. The number of aromatic nitrogens is 2. The van der Waals surface area contributed by atoms with Crippen molar-refractivity contribution < 1.29 is 27.6 Å². The van der Waals surface area contributed by atoms with Gasteiger partial charge in [0, 0.05) is 55.7 Å². The average molecular weight is 676 g/mol. The predicted octanol–water partition coefficient (Wildman–Crippen LogP) is 5.28. The summed E-state index contributed by atoms with van der Waals surface area (Å²) in [5.74, 6) is -0.198. The van der Waals surface area contributed by atoms with Crippen molar-refractivity contribution in [2.45, 2.75) is 82.2 Å². The van der Waals surface area contributed by atoms with Gasteiger partial charge in [-0.3, -0.25) is 24.6 Å². The smallest absolute Gasteiger partial charge is 0.371 e. The molecule has 0 radical (unpaired) electrons. The molecule has 2 aromatic carbocycles. The van der Waals surface area contributed by atoms with Crippen molar-refractivity contribution in [1.29, 1.82) is 0 Å². The third-order valence-electron chi connectivity index (χ3n) is 10.5. The first kappa shape index (κ1) is 33.0. The molecule has 49 heavy (non-hydrogen) atoms. The summed E-state index contributed by atoms with van der Waals surface area (Å²) >= 11 is 0. The van der Waals surface area contributed by atoms with Gasteiger partial charge in [-0.15, -0.1) is 0 Å². The van der Waals surface area contributed by atoms with Crippen LogP contribution in [0.5, 0.6) is 0 Å². The van der Waals surface area contributed by atoms with Crippen molar-refractivity contribution in [2.24, 2.45) is 0 Å². The van der Waals surface area contributed by atoms with E-state index in [-0.39, 0.29) is 36.3 Å². The molecule has 0 aliphatic carbocycles. The van der Waals surface area contributed by atoms with Gasteiger partial charge in [-0.05, 0) is 92.9 Å². The number of imide groups is 1. The van der Waals surface area contributed by atoms with Crippen LogP contribution in [0, 0.1) is 0 Å². The summed E-state index contributed by atoms with van der Waals surface area (Å²) in [6, 6.07) is 14.1. The van der Waals surface area contributed by atoms with E-state index in [0.29, 0.717) is 17.9 Å². The Morgan fingerprint density at radius 3 is 2.24 bits per heavy atom. The van der Waals surface area contributed by atoms with Crippen LogP contribution >= 0.6 is 0 Å². The fourth-order valence-electron chi connectivity index (χ4n) is 7.71. The van der Waals surface area contributed by atoms with Gasteiger partial charge >= 0.3 is 6.18 Å². The number of nitrogens with zero attached hydrogens (tertiary/aromatic N) is 5. The number of hydrogen-bond donors (Lipinski definition) is 2. The number of fused-ring (bicyclic) bond motifs is 1. The molecule has 0 unspecified atom stereocenters. The van der Waals surface area contributed by atoms with Crippen LogP contribution in [-0.2, 0) is 22.3 Å². The molecule has 3 saturated heterocycles. The lowest BCUT2D eigenvalue weighted by Crippen LogP contribution is -2.53. The Hall–Kier alpha value is -4.52. The van der Waals surface area contributed by atoms with Crippen LogP contribution in [0.1, 0.15) is 90.0 Å². The normalized spacial score (nSPS) is 22.7. The molecule has 13 heteroatoms. The maximum absolute atomic E-state index is 13.3. The number of likely N-dealkylation sites (tertiary alicyclic amines) is 1. The lowest BCUT2D eigenvalue weighted by atomic mass is 9.87. The average Bonchev–Trinajstić information content (AvgIpc) is 3.34. The number of nitrogens with one attached hydrogen (secondary N) is 2. The molecule has 4 aliphatic heterocycles. The Morgan fingerprint density at radius 1 is 0.898 bits per heavy atom. The molecule has 0 spiro atoms. The minimum atomic E-state index is -4.45. The third kappa shape index (κ3) is 6.99. The van der Waals surface area contributed by atoms with Crippen LogP contribution in [0.25, 0.3) is 0 Å². The summed E-state index contributed by atoms with van der Waals surface area (Å²) < 4.78 is 38.4. The highest BCUT2D eigenvalue weighted by molar-refractivity contribution is 6.05. The van der Waals surface area contributed by atoms with Gasteiger partial charge in [-0.1, -0.05) is 24.3 Å². The second kappa shape index (κ2) is 13.4. The number of piperidine rings is 3. The molecule has 2 N–H and O–H groups in total. The minimum Gasteiger partial charge on any atom is -0.371 e. The molecule has 4 aliphatic rings. The molecule has 0 saturated carbocycles. The van der Waals surface area contributed by atoms with Gasteiger partial charge in [0.15, 0.2) is 0 Å². The van der Waals surface area contributed by atoms with E-state index < -0.39 is 23.7 Å². The van der Waals surface area contributed by atoms with Crippen molar-refractivity contribution in [3.63, 3.8) is 0 Å². The summed E-state index contributed by atoms with van der Waals surface area (Å²) in [7, 11) is 0. The molecular weight excluding hydrogens is 635 g/mol. The molecule has 7 rings (SSSR count). The molecule has 258 valence electrons. The van der Waals surface area contributed by atoms with Crippen molar-refractivity contribution in [1.82, 2.24) is 25.1 Å². The second-order valence-corrected chi connectivity index (χ2v) is 13.6. The number of hydrogen-bond acceptors (Lipinski definition) is 8. The summed E-state index contributed by atoms with van der Waals surface area (Å²) in [6.45, 7) is 6.45. The van der Waals surface area contributed by atoms with Gasteiger partial charge in [-0.2, -0.15) is 13.2 Å². The summed E-state index contributed by atoms with van der Waals surface area (Å²) in [5.41, 5.74) is 4.41. The van der Waals surface area contributed by atoms with Crippen molar-refractivity contribution >= 4 is 29.4 Å². The molecule has 2 atom stereocenters. The quantitative estimate of drug-likeness (QED) is 0.326. The van der Waals surface area contributed by atoms with Gasteiger partial charge in [0.2, 0.25) is 17.8 Å². The van der Waals surface area contributed by atoms with Crippen LogP contribution in [0.3, 0.4) is 0 Å². The first-order chi connectivity index (χ1) is 23.5. The highest BCUT2D eigenvalue weighted by Crippen LogP contribution is 2.39. The summed E-state index contributed by atoms with van der Waals surface area (Å²) in [6.07, 6.45) is 1.49. The maximum atomic E-state index is 13.3. The van der Waals surface area contributed by atoms with E-state index in [1.54, 1.807) is 4.90 Å². The number of benzene rings is 2. The first-order valence-electron chi connectivity index (χ1n) is 17.1. The SMILES string of the molecule is C[C@@H]1c2cc(C3CCN(Cc4ccc(N5CCC(Nc6ncc(C(F)(F)F)cn6)CC5)cc4)CC3)ccc2C(=O)N1[C@H]1CCC(=O)NC1=O. The largest absolute Gasteiger partial charge is 0.419 e. The standard InChI is InChI=1S/C36H40F3N7O3/c1-22-30-18-25(4-7-29(30)34(49)46(22)31-8-9-32(47)43-33(31)48)24-10-14-44(15-11-24)21-23-2-5-28(6-3-23)45-16-12-27(13-17-45)42-35-40-19-26(20-41-35)36(37,38)39/h2-7,18-20,22,24,27,31H,8-17,21H2,1H3,(H,40,41,42)(H,43,47,48)/t22-,31+/m1/s1. The number of halogens is 3. The lowest BCUT2D eigenvalue weighted by molar-refractivity contribution is -0.138. The van der Waals surface area contributed by atoms with Crippen LogP contribution in [0.15, 0.2) is 54.9 Å². The number of anilines is 2. The van der Waals surface area contributed by atoms with E-state index in [9.17, 15) is 27.6 Å². The van der Waals surface area contributed by atoms with Crippen LogP contribution < -0.4 is 15.5 Å². The Balaban J connectivity index is 0.880. The fourth-order valence-corrected chi connectivity index (χ4v) is 7.71. The van der Waals surface area contributed by atoms with E-state index >= 15 is 0 Å². The van der Waals surface area contributed by atoms with Gasteiger partial charge in [0.05, 0.1) is 11.6 Å². The Morgan fingerprint density at radius 2 is 1.59 bits per heavy atom. The van der Waals surface area contributed by atoms with Gasteiger partial charge in [0.25, 0.3) is 5.91 Å². The number of alkyl halides is 3. The minimum absolute atomic E-state index is 0.102. The van der Waals surface area contributed by atoms with E-state index in [1.807, 2.05) is 13.0 Å². The zero-order valence-corrected chi connectivity index (χ0v) is 27.4. The first-order valence-corrected chi connectivity index (χ1v) is 17.1. The van der Waals surface area contributed by atoms with Gasteiger partial charge in [0.1, 0.15) is 6.04 Å². The zero-order valence-electron chi connectivity index (χ0n) is 27.4. The van der Waals surface area contributed by atoms with Gasteiger partial charge in [-0.25, -0.2) is 9.97 Å². The van der Waals surface area contributed by atoms with E-state index in [2.05, 4.69) is 66.8 Å². The highest BCUT2D eigenvalue weighted by atomic mass is 19.4. The molecule has 0 bridgehead atoms. The van der Waals surface area contributed by atoms with Crippen LogP contribution in [0.2, 0.25) is 0 Å². The fraction of sp³-hybridized carbons (Fsp3) is 0.472. The summed E-state index contributed by atoms with van der Waals surface area (Å²) in [5, 5.41) is 5.55. The van der Waals surface area contributed by atoms with Crippen molar-refractivity contribution in [3.05, 3.63) is 82.7 Å².